The normalized spacial score (nSPS) is 11.0. The molecule has 0 bridgehead atoms. The number of hydrogen-bond donors (Lipinski definition) is 1. The first-order chi connectivity index (χ1) is 7.58. The van der Waals surface area contributed by atoms with E-state index in [1.54, 1.807) is 24.4 Å². The van der Waals surface area contributed by atoms with Crippen molar-refractivity contribution in [3.63, 3.8) is 0 Å². The molecule has 0 spiro atoms. The van der Waals surface area contributed by atoms with Crippen LogP contribution in [0.5, 0.6) is 0 Å². The lowest BCUT2D eigenvalue weighted by atomic mass is 10.1. The van der Waals surface area contributed by atoms with Crippen LogP contribution < -0.4 is 5.56 Å². The summed E-state index contributed by atoms with van der Waals surface area (Å²) < 4.78 is 1.46. The third-order valence-corrected chi connectivity index (χ3v) is 2.56. The fraction of sp³-hybridized carbons (Fsp3) is 0.273. The van der Waals surface area contributed by atoms with Crippen LogP contribution in [0.25, 0.3) is 5.69 Å². The van der Waals surface area contributed by atoms with E-state index < -0.39 is 0 Å². The second kappa shape index (κ2) is 4.14. The van der Waals surface area contributed by atoms with Crippen molar-refractivity contribution in [2.24, 2.45) is 0 Å². The lowest BCUT2D eigenvalue weighted by Crippen LogP contribution is -2.13. The maximum Gasteiger partial charge on any atom is 0.271 e. The van der Waals surface area contributed by atoms with E-state index in [9.17, 15) is 4.79 Å². The first-order valence-corrected chi connectivity index (χ1v) is 5.39. The van der Waals surface area contributed by atoms with Crippen LogP contribution in [0.3, 0.4) is 0 Å². The number of H-pyrrole nitrogens is 1. The summed E-state index contributed by atoms with van der Waals surface area (Å²) in [5.41, 5.74) is 1.49. The van der Waals surface area contributed by atoms with E-state index in [-0.39, 0.29) is 11.5 Å². The Morgan fingerprint density at radius 3 is 2.69 bits per heavy atom. The van der Waals surface area contributed by atoms with Crippen molar-refractivity contribution in [2.75, 3.05) is 0 Å². The molecule has 4 nitrogen and oxygen atoms in total. The zero-order valence-corrected chi connectivity index (χ0v) is 9.82. The number of nitrogens with one attached hydrogen (secondary N) is 1. The van der Waals surface area contributed by atoms with Gasteiger partial charge < -0.3 is 0 Å². The third-order valence-electron chi connectivity index (χ3n) is 2.33. The second-order valence-corrected chi connectivity index (χ2v) is 4.27. The van der Waals surface area contributed by atoms with Gasteiger partial charge in [-0.2, -0.15) is 0 Å². The fourth-order valence-electron chi connectivity index (χ4n) is 1.40. The molecule has 2 heterocycles. The van der Waals surface area contributed by atoms with Gasteiger partial charge in [0.25, 0.3) is 5.56 Å². The Morgan fingerprint density at radius 1 is 1.44 bits per heavy atom. The number of nitrogens with zero attached hydrogens (tertiary/aromatic N) is 2. The Bertz CT molecular complexity index is 539. The van der Waals surface area contributed by atoms with Crippen molar-refractivity contribution in [1.82, 2.24) is 14.8 Å². The summed E-state index contributed by atoms with van der Waals surface area (Å²) in [6.45, 7) is 4.05. The van der Waals surface area contributed by atoms with Crippen LogP contribution in [0.15, 0.2) is 29.2 Å². The van der Waals surface area contributed by atoms with Crippen LogP contribution in [0, 0.1) is 0 Å². The van der Waals surface area contributed by atoms with Crippen LogP contribution in [-0.4, -0.2) is 14.8 Å². The molecule has 0 atom stereocenters. The molecule has 0 aliphatic carbocycles. The highest BCUT2D eigenvalue weighted by Crippen LogP contribution is 2.11. The Balaban J connectivity index is 2.48. The average Bonchev–Trinajstić information content (AvgIpc) is 2.62. The van der Waals surface area contributed by atoms with Crippen molar-refractivity contribution in [1.29, 1.82) is 0 Å². The van der Waals surface area contributed by atoms with Gasteiger partial charge in [0, 0.05) is 11.8 Å². The van der Waals surface area contributed by atoms with Crippen molar-refractivity contribution < 1.29 is 0 Å². The summed E-state index contributed by atoms with van der Waals surface area (Å²) in [6, 6.07) is 5.00. The molecular formula is C11H12ClN3O. The zero-order chi connectivity index (χ0) is 11.7. The van der Waals surface area contributed by atoms with Crippen LogP contribution in [0.2, 0.25) is 5.15 Å². The number of pyridine rings is 1. The Morgan fingerprint density at radius 2 is 2.19 bits per heavy atom. The van der Waals surface area contributed by atoms with E-state index in [0.29, 0.717) is 10.8 Å². The lowest BCUT2D eigenvalue weighted by Gasteiger charge is -2.02. The summed E-state index contributed by atoms with van der Waals surface area (Å²) in [5.74, 6) is 0.286. The fourth-order valence-corrected chi connectivity index (χ4v) is 1.51. The maximum absolute atomic E-state index is 11.7. The molecule has 0 saturated carbocycles. The highest BCUT2D eigenvalue weighted by Gasteiger charge is 2.07. The number of aromatic amines is 1. The van der Waals surface area contributed by atoms with Crippen molar-refractivity contribution in [3.05, 3.63) is 45.6 Å². The van der Waals surface area contributed by atoms with Gasteiger partial charge >= 0.3 is 0 Å². The molecule has 1 N–H and O–H groups in total. The first-order valence-electron chi connectivity index (χ1n) is 5.02. The molecule has 0 aliphatic rings. The largest absolute Gasteiger partial charge is 0.295 e. The van der Waals surface area contributed by atoms with Crippen molar-refractivity contribution in [3.8, 4) is 5.69 Å². The van der Waals surface area contributed by atoms with E-state index in [1.807, 2.05) is 13.8 Å². The van der Waals surface area contributed by atoms with E-state index in [2.05, 4.69) is 10.1 Å². The molecule has 0 unspecified atom stereocenters. The predicted molar refractivity (Wildman–Crippen MR) is 63.3 cm³/mol. The monoisotopic (exact) mass is 237 g/mol. The minimum absolute atomic E-state index is 0.0900. The topological polar surface area (TPSA) is 50.7 Å². The molecule has 2 aromatic heterocycles. The summed E-state index contributed by atoms with van der Waals surface area (Å²) >= 11 is 5.69. The SMILES string of the molecule is CC(C)c1cc(=O)n(-c2ccc(Cl)nc2)[nH]1. The zero-order valence-electron chi connectivity index (χ0n) is 9.07. The van der Waals surface area contributed by atoms with Gasteiger partial charge in [-0.25, -0.2) is 9.67 Å². The molecule has 0 saturated heterocycles. The Labute approximate surface area is 97.9 Å². The van der Waals surface area contributed by atoms with E-state index in [0.717, 1.165) is 5.69 Å². The number of hydrogen-bond acceptors (Lipinski definition) is 2. The van der Waals surface area contributed by atoms with Gasteiger partial charge in [-0.1, -0.05) is 25.4 Å². The predicted octanol–water partition coefficient (Wildman–Crippen LogP) is 2.34. The smallest absolute Gasteiger partial charge is 0.271 e. The Kier molecular flexibility index (Phi) is 2.83. The van der Waals surface area contributed by atoms with E-state index in [4.69, 9.17) is 11.6 Å². The molecule has 2 rings (SSSR count). The minimum Gasteiger partial charge on any atom is -0.295 e. The van der Waals surface area contributed by atoms with Gasteiger partial charge in [0.2, 0.25) is 0 Å². The summed E-state index contributed by atoms with van der Waals surface area (Å²) in [6.07, 6.45) is 1.56. The van der Waals surface area contributed by atoms with Gasteiger partial charge in [-0.05, 0) is 18.1 Å². The molecule has 0 fully saturated rings. The number of aromatic nitrogens is 3. The molecular weight excluding hydrogens is 226 g/mol. The summed E-state index contributed by atoms with van der Waals surface area (Å²) in [5, 5.41) is 3.45. The molecule has 84 valence electrons. The quantitative estimate of drug-likeness (QED) is 0.815. The standard InChI is InChI=1S/C11H12ClN3O/c1-7(2)9-5-11(16)15(14-9)8-3-4-10(12)13-6-8/h3-7,14H,1-2H3. The van der Waals surface area contributed by atoms with E-state index in [1.165, 1.54) is 4.68 Å². The molecule has 0 aliphatic heterocycles. The molecule has 16 heavy (non-hydrogen) atoms. The third kappa shape index (κ3) is 2.02. The van der Waals surface area contributed by atoms with Crippen molar-refractivity contribution in [2.45, 2.75) is 19.8 Å². The molecule has 0 aromatic carbocycles. The molecule has 0 amide bonds. The maximum atomic E-state index is 11.7. The molecule has 2 aromatic rings. The first kappa shape index (κ1) is 11.0. The highest BCUT2D eigenvalue weighted by molar-refractivity contribution is 6.29. The molecule has 0 radical (unpaired) electrons. The average molecular weight is 238 g/mol. The Hall–Kier alpha value is -1.55. The minimum atomic E-state index is -0.0900. The van der Waals surface area contributed by atoms with Crippen LogP contribution >= 0.6 is 11.6 Å². The van der Waals surface area contributed by atoms with Crippen LogP contribution in [0.4, 0.5) is 0 Å². The second-order valence-electron chi connectivity index (χ2n) is 3.88. The highest BCUT2D eigenvalue weighted by atomic mass is 35.5. The van der Waals surface area contributed by atoms with Crippen LogP contribution in [0.1, 0.15) is 25.5 Å². The van der Waals surface area contributed by atoms with Gasteiger partial charge in [-0.3, -0.25) is 9.89 Å². The summed E-state index contributed by atoms with van der Waals surface area (Å²) in [4.78, 5) is 15.6. The van der Waals surface area contributed by atoms with Gasteiger partial charge in [0.15, 0.2) is 0 Å². The molecule has 5 heteroatoms. The van der Waals surface area contributed by atoms with Gasteiger partial charge in [0.1, 0.15) is 5.15 Å². The van der Waals surface area contributed by atoms with E-state index >= 15 is 0 Å². The van der Waals surface area contributed by atoms with Gasteiger partial charge in [-0.15, -0.1) is 0 Å². The lowest BCUT2D eigenvalue weighted by molar-refractivity contribution is 0.758. The number of halogens is 1. The number of rotatable bonds is 2. The van der Waals surface area contributed by atoms with Crippen LogP contribution in [-0.2, 0) is 0 Å². The van der Waals surface area contributed by atoms with Crippen molar-refractivity contribution >= 4 is 11.6 Å². The van der Waals surface area contributed by atoms with Gasteiger partial charge in [0.05, 0.1) is 11.9 Å². The summed E-state index contributed by atoms with van der Waals surface area (Å²) in [7, 11) is 0.